The van der Waals surface area contributed by atoms with E-state index in [2.05, 4.69) is 55.4 Å². The molecule has 0 aliphatic rings. The fourth-order valence-electron chi connectivity index (χ4n) is 11.0. The van der Waals surface area contributed by atoms with Crippen molar-refractivity contribution in [3.05, 3.63) is 0 Å². The normalized spacial score (nSPS) is 14.2. The van der Waals surface area contributed by atoms with Crippen molar-refractivity contribution in [2.75, 3.05) is 39.6 Å². The molecular weight excluding hydrogens is 1210 g/mol. The molecule has 19 heteroatoms. The van der Waals surface area contributed by atoms with Crippen LogP contribution in [-0.4, -0.2) is 96.7 Å². The van der Waals surface area contributed by atoms with Crippen LogP contribution in [0.3, 0.4) is 0 Å². The molecule has 3 N–H and O–H groups in total. The molecule has 0 spiro atoms. The van der Waals surface area contributed by atoms with Crippen LogP contribution < -0.4 is 0 Å². The highest BCUT2D eigenvalue weighted by molar-refractivity contribution is 7.47. The Labute approximate surface area is 562 Å². The molecule has 0 aliphatic heterocycles. The Hall–Kier alpha value is -1.94. The highest BCUT2D eigenvalue weighted by Gasteiger charge is 2.30. The topological polar surface area (TPSA) is 237 Å². The Morgan fingerprint density at radius 1 is 0.272 bits per heavy atom. The summed E-state index contributed by atoms with van der Waals surface area (Å²) in [4.78, 5) is 72.5. The number of ether oxygens (including phenoxy) is 4. The van der Waals surface area contributed by atoms with Crippen molar-refractivity contribution in [2.45, 2.75) is 382 Å². The van der Waals surface area contributed by atoms with Gasteiger partial charge in [0.15, 0.2) is 12.2 Å². The summed E-state index contributed by atoms with van der Waals surface area (Å²) in [5.41, 5.74) is 0. The predicted molar refractivity (Wildman–Crippen MR) is 372 cm³/mol. The number of unbranched alkanes of at least 4 members (excludes halogenated alkanes) is 36. The zero-order valence-electron chi connectivity index (χ0n) is 60.2. The number of aliphatic hydroxyl groups excluding tert-OH is 1. The van der Waals surface area contributed by atoms with Gasteiger partial charge in [0, 0.05) is 25.7 Å². The van der Waals surface area contributed by atoms with E-state index in [4.69, 9.17) is 37.0 Å². The summed E-state index contributed by atoms with van der Waals surface area (Å²) in [6.45, 7) is 14.0. The van der Waals surface area contributed by atoms with Gasteiger partial charge in [0.1, 0.15) is 19.3 Å². The molecule has 0 rings (SSSR count). The van der Waals surface area contributed by atoms with Crippen molar-refractivity contribution in [2.24, 2.45) is 23.7 Å². The van der Waals surface area contributed by atoms with E-state index >= 15 is 0 Å². The molecule has 0 aliphatic carbocycles. The minimum Gasteiger partial charge on any atom is -0.462 e. The Bertz CT molecular complexity index is 1820. The second kappa shape index (κ2) is 62.6. The van der Waals surface area contributed by atoms with E-state index < -0.39 is 97.5 Å². The number of carbonyl (C=O) groups is 4. The van der Waals surface area contributed by atoms with Gasteiger partial charge in [-0.2, -0.15) is 0 Å². The van der Waals surface area contributed by atoms with Gasteiger partial charge >= 0.3 is 39.5 Å². The summed E-state index contributed by atoms with van der Waals surface area (Å²) in [5, 5.41) is 10.6. The standard InChI is InChI=1S/C73H142O17P2/c1-63(2)49-41-33-25-19-17-15-13-11-9-10-12-14-16-18-20-28-37-45-53-70(75)83-59-68(89-72(77)55-47-39-30-24-22-27-35-43-51-65(5)6)61-87-91(79,80)85-57-67(74)58-86-92(81,82)88-62-69(90-73(78)56-48-40-32-31-36-44-52-66(7)8)60-84-71(76)54-46-38-29-23-21-26-34-42-50-64(3)4/h63-69,74H,9-62H2,1-8H3,(H,79,80)(H,81,82)/t67?,68-,69-/m1/s1. The zero-order valence-corrected chi connectivity index (χ0v) is 62.0. The number of rotatable bonds is 70. The average molecular weight is 1350 g/mol. The van der Waals surface area contributed by atoms with Crippen LogP contribution in [0.1, 0.15) is 364 Å². The van der Waals surface area contributed by atoms with E-state index in [1.165, 1.54) is 167 Å². The van der Waals surface area contributed by atoms with E-state index in [9.17, 15) is 43.2 Å². The number of phosphoric acid groups is 2. The monoisotopic (exact) mass is 1350 g/mol. The number of esters is 4. The van der Waals surface area contributed by atoms with Crippen LogP contribution in [-0.2, 0) is 65.4 Å². The highest BCUT2D eigenvalue weighted by atomic mass is 31.2. The van der Waals surface area contributed by atoms with Crippen molar-refractivity contribution in [1.82, 2.24) is 0 Å². The first-order valence-corrected chi connectivity index (χ1v) is 40.7. The molecule has 5 atom stereocenters. The summed E-state index contributed by atoms with van der Waals surface area (Å²) in [6, 6.07) is 0. The molecule has 0 saturated heterocycles. The zero-order chi connectivity index (χ0) is 68.2. The van der Waals surface area contributed by atoms with Crippen molar-refractivity contribution in [1.29, 1.82) is 0 Å². The Balaban J connectivity index is 5.13. The summed E-state index contributed by atoms with van der Waals surface area (Å²) in [6.07, 6.45) is 46.3. The minimum atomic E-state index is -4.95. The quantitative estimate of drug-likeness (QED) is 0.0222. The van der Waals surface area contributed by atoms with Crippen LogP contribution in [0.15, 0.2) is 0 Å². The van der Waals surface area contributed by atoms with E-state index in [0.717, 1.165) is 108 Å². The third kappa shape index (κ3) is 66.7. The average Bonchev–Trinajstić information content (AvgIpc) is 2.83. The van der Waals surface area contributed by atoms with Crippen LogP contribution in [0.2, 0.25) is 0 Å². The molecule has 17 nitrogen and oxygen atoms in total. The third-order valence-corrected chi connectivity index (χ3v) is 18.7. The van der Waals surface area contributed by atoms with Crippen molar-refractivity contribution < 1.29 is 80.2 Å². The smallest absolute Gasteiger partial charge is 0.462 e. The molecule has 3 unspecified atom stereocenters. The fraction of sp³-hybridized carbons (Fsp3) is 0.945. The second-order valence-corrected chi connectivity index (χ2v) is 31.1. The molecule has 0 fully saturated rings. The van der Waals surface area contributed by atoms with Crippen LogP contribution in [0.4, 0.5) is 0 Å². The number of hydrogen-bond donors (Lipinski definition) is 3. The molecular formula is C73H142O17P2. The maximum atomic E-state index is 13.0. The fourth-order valence-corrected chi connectivity index (χ4v) is 12.6. The minimum absolute atomic E-state index is 0.101. The molecule has 0 aromatic heterocycles. The molecule has 92 heavy (non-hydrogen) atoms. The van der Waals surface area contributed by atoms with Crippen molar-refractivity contribution in [3.8, 4) is 0 Å². The van der Waals surface area contributed by atoms with Gasteiger partial charge in [-0.05, 0) is 49.4 Å². The number of phosphoric ester groups is 2. The Morgan fingerprint density at radius 2 is 0.457 bits per heavy atom. The van der Waals surface area contributed by atoms with E-state index in [1.54, 1.807) is 0 Å². The maximum absolute atomic E-state index is 13.0. The summed E-state index contributed by atoms with van der Waals surface area (Å²) < 4.78 is 68.3. The summed E-state index contributed by atoms with van der Waals surface area (Å²) >= 11 is 0. The lowest BCUT2D eigenvalue weighted by molar-refractivity contribution is -0.161. The molecule has 0 aromatic carbocycles. The van der Waals surface area contributed by atoms with Crippen LogP contribution in [0.25, 0.3) is 0 Å². The number of carbonyl (C=O) groups excluding carboxylic acids is 4. The Kier molecular flexibility index (Phi) is 61.3. The Morgan fingerprint density at radius 3 is 0.674 bits per heavy atom. The molecule has 546 valence electrons. The second-order valence-electron chi connectivity index (χ2n) is 28.2. The van der Waals surface area contributed by atoms with Gasteiger partial charge in [0.05, 0.1) is 26.4 Å². The van der Waals surface area contributed by atoms with Gasteiger partial charge in [-0.1, -0.05) is 312 Å². The molecule has 0 amide bonds. The lowest BCUT2D eigenvalue weighted by Gasteiger charge is -2.21. The SMILES string of the molecule is CC(C)CCCCCCCCCCCCCCCCCCCCC(=O)OC[C@H](COP(=O)(O)OCC(O)COP(=O)(O)OC[C@@H](COC(=O)CCCCCCCCCCC(C)C)OC(=O)CCCCCCCCC(C)C)OC(=O)CCCCCCCCCCC(C)C. The molecule has 0 aromatic rings. The van der Waals surface area contributed by atoms with Crippen molar-refractivity contribution >= 4 is 39.5 Å². The summed E-state index contributed by atoms with van der Waals surface area (Å²) in [5.74, 6) is 0.804. The lowest BCUT2D eigenvalue weighted by Crippen LogP contribution is -2.30. The van der Waals surface area contributed by atoms with Gasteiger partial charge in [-0.3, -0.25) is 37.3 Å². The largest absolute Gasteiger partial charge is 0.472 e. The number of hydrogen-bond acceptors (Lipinski definition) is 15. The van der Waals surface area contributed by atoms with E-state index in [0.29, 0.717) is 31.6 Å². The van der Waals surface area contributed by atoms with E-state index in [-0.39, 0.29) is 25.7 Å². The molecule has 0 saturated carbocycles. The van der Waals surface area contributed by atoms with E-state index in [1.807, 2.05) is 0 Å². The van der Waals surface area contributed by atoms with Gasteiger partial charge in [0.2, 0.25) is 0 Å². The molecule has 0 radical (unpaired) electrons. The first-order valence-electron chi connectivity index (χ1n) is 37.7. The maximum Gasteiger partial charge on any atom is 0.472 e. The third-order valence-electron chi connectivity index (χ3n) is 16.8. The van der Waals surface area contributed by atoms with Gasteiger partial charge in [0.25, 0.3) is 0 Å². The predicted octanol–water partition coefficient (Wildman–Crippen LogP) is 20.9. The first-order chi connectivity index (χ1) is 44.1. The number of aliphatic hydroxyl groups is 1. The first kappa shape index (κ1) is 90.1. The van der Waals surface area contributed by atoms with Crippen molar-refractivity contribution in [3.63, 3.8) is 0 Å². The van der Waals surface area contributed by atoms with Crippen LogP contribution in [0, 0.1) is 23.7 Å². The molecule has 0 bridgehead atoms. The van der Waals surface area contributed by atoms with Crippen LogP contribution in [0.5, 0.6) is 0 Å². The van der Waals surface area contributed by atoms with Gasteiger partial charge in [-0.15, -0.1) is 0 Å². The molecule has 0 heterocycles. The van der Waals surface area contributed by atoms with Crippen LogP contribution >= 0.6 is 15.6 Å². The van der Waals surface area contributed by atoms with Gasteiger partial charge in [-0.25, -0.2) is 9.13 Å². The lowest BCUT2D eigenvalue weighted by atomic mass is 10.0. The van der Waals surface area contributed by atoms with Gasteiger partial charge < -0.3 is 33.8 Å². The summed E-state index contributed by atoms with van der Waals surface area (Å²) in [7, 11) is -9.90. The highest BCUT2D eigenvalue weighted by Crippen LogP contribution is 2.45.